The summed E-state index contributed by atoms with van der Waals surface area (Å²) in [7, 11) is 0. The van der Waals surface area contributed by atoms with Gasteiger partial charge in [-0.05, 0) is 72.3 Å². The lowest BCUT2D eigenvalue weighted by Gasteiger charge is -2.30. The number of rotatable bonds is 9. The third-order valence-corrected chi connectivity index (χ3v) is 6.68. The molecule has 172 valence electrons. The predicted octanol–water partition coefficient (Wildman–Crippen LogP) is 5.17. The number of halogens is 1. The maximum atomic E-state index is 13.2. The number of benzene rings is 2. The molecule has 1 saturated carbocycles. The molecule has 1 fully saturated rings. The first-order chi connectivity index (χ1) is 15.4. The number of aryl methyl sites for hydroxylation is 2. The van der Waals surface area contributed by atoms with Gasteiger partial charge in [0, 0.05) is 12.6 Å². The molecular formula is C26H33BrN2O3. The lowest BCUT2D eigenvalue weighted by molar-refractivity contribution is -0.142. The largest absolute Gasteiger partial charge is 0.483 e. The Bertz CT molecular complexity index is 940. The maximum Gasteiger partial charge on any atom is 0.261 e. The van der Waals surface area contributed by atoms with Crippen molar-refractivity contribution in [2.45, 2.75) is 71.5 Å². The zero-order valence-corrected chi connectivity index (χ0v) is 20.8. The van der Waals surface area contributed by atoms with Crippen LogP contribution in [0.3, 0.4) is 0 Å². The molecule has 3 rings (SSSR count). The number of ether oxygens (including phenoxy) is 1. The van der Waals surface area contributed by atoms with Gasteiger partial charge in [-0.1, -0.05) is 55.7 Å². The van der Waals surface area contributed by atoms with E-state index in [9.17, 15) is 9.59 Å². The van der Waals surface area contributed by atoms with Crippen LogP contribution < -0.4 is 10.1 Å². The van der Waals surface area contributed by atoms with Crippen molar-refractivity contribution in [1.29, 1.82) is 0 Å². The highest BCUT2D eigenvalue weighted by Gasteiger charge is 2.28. The number of carbonyl (C=O) groups excluding carboxylic acids is 2. The van der Waals surface area contributed by atoms with Crippen LogP contribution in [0.25, 0.3) is 0 Å². The SMILES string of the molecule is CCc1ccc(OCC(=O)N(Cc2cccc(C)c2)[C@H](C)C(=O)NC2CCCC2)c(Br)c1. The number of hydrogen-bond donors (Lipinski definition) is 1. The van der Waals surface area contributed by atoms with Crippen molar-refractivity contribution in [3.63, 3.8) is 0 Å². The number of nitrogens with zero attached hydrogens (tertiary/aromatic N) is 1. The van der Waals surface area contributed by atoms with E-state index in [1.165, 1.54) is 5.56 Å². The minimum atomic E-state index is -0.585. The van der Waals surface area contributed by atoms with Crippen LogP contribution in [0.5, 0.6) is 5.75 Å². The van der Waals surface area contributed by atoms with Crippen molar-refractivity contribution < 1.29 is 14.3 Å². The van der Waals surface area contributed by atoms with Gasteiger partial charge in [0.05, 0.1) is 4.47 Å². The highest BCUT2D eigenvalue weighted by Crippen LogP contribution is 2.26. The van der Waals surface area contributed by atoms with Crippen molar-refractivity contribution in [3.8, 4) is 5.75 Å². The Labute approximate surface area is 199 Å². The molecule has 0 heterocycles. The molecule has 1 aliphatic rings. The van der Waals surface area contributed by atoms with Crippen molar-refractivity contribution in [2.24, 2.45) is 0 Å². The maximum absolute atomic E-state index is 13.2. The van der Waals surface area contributed by atoms with E-state index in [1.807, 2.05) is 49.4 Å². The molecular weight excluding hydrogens is 468 g/mol. The van der Waals surface area contributed by atoms with E-state index in [0.29, 0.717) is 12.3 Å². The Kier molecular flexibility index (Phi) is 8.74. The minimum Gasteiger partial charge on any atom is -0.483 e. The van der Waals surface area contributed by atoms with Crippen LogP contribution in [0.1, 0.15) is 56.2 Å². The number of nitrogens with one attached hydrogen (secondary N) is 1. The monoisotopic (exact) mass is 500 g/mol. The minimum absolute atomic E-state index is 0.105. The summed E-state index contributed by atoms with van der Waals surface area (Å²) in [4.78, 5) is 27.8. The molecule has 32 heavy (non-hydrogen) atoms. The first-order valence-corrected chi connectivity index (χ1v) is 12.2. The fourth-order valence-electron chi connectivity index (χ4n) is 4.09. The van der Waals surface area contributed by atoms with Crippen molar-refractivity contribution in [1.82, 2.24) is 10.2 Å². The lowest BCUT2D eigenvalue weighted by Crippen LogP contribution is -2.50. The third kappa shape index (κ3) is 6.58. The Morgan fingerprint density at radius 1 is 1.16 bits per heavy atom. The molecule has 5 nitrogen and oxygen atoms in total. The van der Waals surface area contributed by atoms with Crippen LogP contribution in [-0.2, 0) is 22.6 Å². The van der Waals surface area contributed by atoms with Crippen molar-refractivity contribution in [2.75, 3.05) is 6.61 Å². The Morgan fingerprint density at radius 2 is 1.91 bits per heavy atom. The fraction of sp³-hybridized carbons (Fsp3) is 0.462. The smallest absolute Gasteiger partial charge is 0.261 e. The van der Waals surface area contributed by atoms with Gasteiger partial charge in [0.25, 0.3) is 5.91 Å². The van der Waals surface area contributed by atoms with Crippen molar-refractivity contribution in [3.05, 3.63) is 63.6 Å². The van der Waals surface area contributed by atoms with E-state index < -0.39 is 6.04 Å². The normalized spacial score (nSPS) is 14.8. The number of hydrogen-bond acceptors (Lipinski definition) is 3. The quantitative estimate of drug-likeness (QED) is 0.516. The Hall–Kier alpha value is -2.34. The molecule has 0 aromatic heterocycles. The van der Waals surface area contributed by atoms with Crippen LogP contribution in [0.4, 0.5) is 0 Å². The zero-order valence-electron chi connectivity index (χ0n) is 19.2. The molecule has 0 bridgehead atoms. The molecule has 0 unspecified atom stereocenters. The van der Waals surface area contributed by atoms with Crippen molar-refractivity contribution >= 4 is 27.7 Å². The van der Waals surface area contributed by atoms with Crippen LogP contribution in [0.15, 0.2) is 46.9 Å². The fourth-order valence-corrected chi connectivity index (χ4v) is 4.63. The molecule has 2 amide bonds. The molecule has 2 aromatic rings. The predicted molar refractivity (Wildman–Crippen MR) is 131 cm³/mol. The molecule has 0 radical (unpaired) electrons. The molecule has 1 atom stereocenters. The molecule has 2 aromatic carbocycles. The third-order valence-electron chi connectivity index (χ3n) is 6.06. The highest BCUT2D eigenvalue weighted by atomic mass is 79.9. The second kappa shape index (κ2) is 11.5. The highest BCUT2D eigenvalue weighted by molar-refractivity contribution is 9.10. The molecule has 0 saturated heterocycles. The second-order valence-electron chi connectivity index (χ2n) is 8.58. The van der Waals surface area contributed by atoms with Gasteiger partial charge in [0.15, 0.2) is 6.61 Å². The summed E-state index contributed by atoms with van der Waals surface area (Å²) in [5.41, 5.74) is 3.30. The van der Waals surface area contributed by atoms with E-state index in [0.717, 1.165) is 47.7 Å². The summed E-state index contributed by atoms with van der Waals surface area (Å²) in [6.07, 6.45) is 5.23. The van der Waals surface area contributed by atoms with Gasteiger partial charge in [0.1, 0.15) is 11.8 Å². The standard InChI is InChI=1S/C26H33BrN2O3/c1-4-20-12-13-24(23(27)15-20)32-17-25(30)29(16-21-9-7-8-18(2)14-21)19(3)26(31)28-22-10-5-6-11-22/h7-9,12-15,19,22H,4-6,10-11,16-17H2,1-3H3,(H,28,31)/t19-/m1/s1. The molecule has 1 aliphatic carbocycles. The summed E-state index contributed by atoms with van der Waals surface area (Å²) >= 11 is 3.52. The molecule has 0 aliphatic heterocycles. The molecule has 1 N–H and O–H groups in total. The van der Waals surface area contributed by atoms with Gasteiger partial charge in [0.2, 0.25) is 5.91 Å². The van der Waals surface area contributed by atoms with Gasteiger partial charge in [-0.15, -0.1) is 0 Å². The van der Waals surface area contributed by atoms with Gasteiger partial charge < -0.3 is 15.0 Å². The van der Waals surface area contributed by atoms with Crippen LogP contribution >= 0.6 is 15.9 Å². The van der Waals surface area contributed by atoms with Crippen LogP contribution in [0.2, 0.25) is 0 Å². The zero-order chi connectivity index (χ0) is 23.1. The summed E-state index contributed by atoms with van der Waals surface area (Å²) in [5.74, 6) is 0.299. The van der Waals surface area contributed by atoms with E-state index in [4.69, 9.17) is 4.74 Å². The Balaban J connectivity index is 1.72. The average Bonchev–Trinajstić information content (AvgIpc) is 3.29. The summed E-state index contributed by atoms with van der Waals surface area (Å²) < 4.78 is 6.66. The molecule has 6 heteroatoms. The summed E-state index contributed by atoms with van der Waals surface area (Å²) in [6.45, 7) is 6.14. The summed E-state index contributed by atoms with van der Waals surface area (Å²) in [5, 5.41) is 3.13. The number of amides is 2. The Morgan fingerprint density at radius 3 is 2.56 bits per heavy atom. The van der Waals surface area contributed by atoms with E-state index in [1.54, 1.807) is 11.8 Å². The topological polar surface area (TPSA) is 58.6 Å². The number of carbonyl (C=O) groups is 2. The lowest BCUT2D eigenvalue weighted by atomic mass is 10.1. The van der Waals surface area contributed by atoms with Crippen LogP contribution in [0, 0.1) is 6.92 Å². The van der Waals surface area contributed by atoms with E-state index in [-0.39, 0.29) is 24.5 Å². The first kappa shape index (κ1) is 24.3. The second-order valence-corrected chi connectivity index (χ2v) is 9.44. The van der Waals surface area contributed by atoms with Gasteiger partial charge >= 0.3 is 0 Å². The molecule has 0 spiro atoms. The van der Waals surface area contributed by atoms with Gasteiger partial charge in [-0.3, -0.25) is 9.59 Å². The van der Waals surface area contributed by atoms with E-state index >= 15 is 0 Å². The van der Waals surface area contributed by atoms with E-state index in [2.05, 4.69) is 28.2 Å². The first-order valence-electron chi connectivity index (χ1n) is 11.4. The average molecular weight is 501 g/mol. The van der Waals surface area contributed by atoms with Gasteiger partial charge in [-0.2, -0.15) is 0 Å². The summed E-state index contributed by atoms with van der Waals surface area (Å²) in [6, 6.07) is 13.5. The van der Waals surface area contributed by atoms with Gasteiger partial charge in [-0.25, -0.2) is 0 Å². The van der Waals surface area contributed by atoms with Crippen LogP contribution in [-0.4, -0.2) is 35.4 Å².